The Morgan fingerprint density at radius 2 is 1.75 bits per heavy atom. The van der Waals surface area contributed by atoms with E-state index in [1.54, 1.807) is 6.07 Å². The van der Waals surface area contributed by atoms with E-state index in [2.05, 4.69) is 0 Å². The highest BCUT2D eigenvalue weighted by Crippen LogP contribution is 2.41. The van der Waals surface area contributed by atoms with Crippen molar-refractivity contribution in [1.29, 1.82) is 0 Å². The first-order chi connectivity index (χ1) is 9.65. The van der Waals surface area contributed by atoms with Gasteiger partial charge >= 0.3 is 0 Å². The molecule has 1 aromatic rings. The summed E-state index contributed by atoms with van der Waals surface area (Å²) in [6.07, 6.45) is 4.07. The zero-order valence-corrected chi connectivity index (χ0v) is 11.5. The van der Waals surface area contributed by atoms with Gasteiger partial charge in [0.1, 0.15) is 6.29 Å². The maximum absolute atomic E-state index is 11.1. The van der Waals surface area contributed by atoms with Crippen molar-refractivity contribution < 1.29 is 19.4 Å². The van der Waals surface area contributed by atoms with Crippen LogP contribution in [-0.2, 0) is 15.9 Å². The maximum atomic E-state index is 11.1. The number of aliphatic hydroxyl groups is 1. The number of carbonyl (C=O) groups excluding carboxylic acids is 1. The third kappa shape index (κ3) is 2.64. The summed E-state index contributed by atoms with van der Waals surface area (Å²) in [6.45, 7) is 1.29. The van der Waals surface area contributed by atoms with Crippen LogP contribution in [0.3, 0.4) is 0 Å². The van der Waals surface area contributed by atoms with Gasteiger partial charge < -0.3 is 14.6 Å². The fourth-order valence-electron chi connectivity index (χ4n) is 3.22. The molecule has 1 aromatic carbocycles. The third-order valence-corrected chi connectivity index (χ3v) is 4.46. The quantitative estimate of drug-likeness (QED) is 0.859. The summed E-state index contributed by atoms with van der Waals surface area (Å²) in [4.78, 5) is 11.1. The number of benzene rings is 1. The topological polar surface area (TPSA) is 55.8 Å². The summed E-state index contributed by atoms with van der Waals surface area (Å²) >= 11 is 0. The van der Waals surface area contributed by atoms with E-state index in [-0.39, 0.29) is 0 Å². The van der Waals surface area contributed by atoms with Crippen LogP contribution in [0.15, 0.2) is 24.3 Å². The van der Waals surface area contributed by atoms with Crippen molar-refractivity contribution in [2.75, 3.05) is 13.2 Å². The molecule has 3 rings (SSSR count). The normalized spacial score (nSPS) is 23.9. The number of hydrogen-bond donors (Lipinski definition) is 1. The van der Waals surface area contributed by atoms with Crippen molar-refractivity contribution >= 4 is 6.29 Å². The molecule has 108 valence electrons. The third-order valence-electron chi connectivity index (χ3n) is 4.46. The maximum Gasteiger partial charge on any atom is 0.168 e. The minimum atomic E-state index is -0.764. The molecule has 1 aliphatic carbocycles. The van der Waals surface area contributed by atoms with Gasteiger partial charge in [-0.3, -0.25) is 4.79 Å². The predicted molar refractivity (Wildman–Crippen MR) is 73.6 cm³/mol. The van der Waals surface area contributed by atoms with Crippen LogP contribution in [-0.4, -0.2) is 36.0 Å². The van der Waals surface area contributed by atoms with Crippen LogP contribution in [0.4, 0.5) is 0 Å². The van der Waals surface area contributed by atoms with Crippen molar-refractivity contribution in [2.24, 2.45) is 0 Å². The van der Waals surface area contributed by atoms with Gasteiger partial charge in [-0.2, -0.15) is 0 Å². The molecule has 20 heavy (non-hydrogen) atoms. The average Bonchev–Trinajstić information content (AvgIpc) is 2.92. The zero-order chi connectivity index (χ0) is 14.1. The fourth-order valence-corrected chi connectivity index (χ4v) is 3.22. The molecule has 0 bridgehead atoms. The SMILES string of the molecule is O=Cc1ccccc1CC1(O)CCC2(CC1)OCCO2. The Bertz CT molecular complexity index is 481. The molecule has 2 fully saturated rings. The Hall–Kier alpha value is -1.23. The second-order valence-corrected chi connectivity index (χ2v) is 5.83. The van der Waals surface area contributed by atoms with Crippen LogP contribution < -0.4 is 0 Å². The number of aldehydes is 1. The first-order valence-electron chi connectivity index (χ1n) is 7.18. The van der Waals surface area contributed by atoms with Gasteiger partial charge in [-0.05, 0) is 18.4 Å². The first-order valence-corrected chi connectivity index (χ1v) is 7.18. The second kappa shape index (κ2) is 5.28. The first kappa shape index (κ1) is 13.7. The molecule has 1 N–H and O–H groups in total. The molecule has 0 radical (unpaired) electrons. The Labute approximate surface area is 118 Å². The van der Waals surface area contributed by atoms with E-state index in [1.165, 1.54) is 0 Å². The second-order valence-electron chi connectivity index (χ2n) is 5.83. The molecule has 1 saturated heterocycles. The lowest BCUT2D eigenvalue weighted by atomic mass is 9.77. The lowest BCUT2D eigenvalue weighted by Gasteiger charge is -2.40. The molecule has 0 amide bonds. The van der Waals surface area contributed by atoms with Gasteiger partial charge in [0, 0.05) is 24.8 Å². The molecule has 4 nitrogen and oxygen atoms in total. The monoisotopic (exact) mass is 276 g/mol. The number of ether oxygens (including phenoxy) is 2. The summed E-state index contributed by atoms with van der Waals surface area (Å²) in [7, 11) is 0. The highest BCUT2D eigenvalue weighted by molar-refractivity contribution is 5.77. The lowest BCUT2D eigenvalue weighted by molar-refractivity contribution is -0.202. The minimum absolute atomic E-state index is 0.462. The van der Waals surface area contributed by atoms with Gasteiger partial charge in [0.25, 0.3) is 0 Å². The Morgan fingerprint density at radius 3 is 2.40 bits per heavy atom. The highest BCUT2D eigenvalue weighted by Gasteiger charge is 2.45. The van der Waals surface area contributed by atoms with Crippen molar-refractivity contribution in [3.05, 3.63) is 35.4 Å². The summed E-state index contributed by atoms with van der Waals surface area (Å²) in [6, 6.07) is 7.44. The Balaban J connectivity index is 1.70. The summed E-state index contributed by atoms with van der Waals surface area (Å²) < 4.78 is 11.4. The molecule has 4 heteroatoms. The number of rotatable bonds is 3. The van der Waals surface area contributed by atoms with Gasteiger partial charge in [0.15, 0.2) is 5.79 Å². The Kier molecular flexibility index (Phi) is 3.63. The van der Waals surface area contributed by atoms with Crippen molar-refractivity contribution in [1.82, 2.24) is 0 Å². The van der Waals surface area contributed by atoms with Crippen LogP contribution >= 0.6 is 0 Å². The van der Waals surface area contributed by atoms with Crippen molar-refractivity contribution in [3.63, 3.8) is 0 Å². The predicted octanol–water partition coefficient (Wildman–Crippen LogP) is 2.09. The highest BCUT2D eigenvalue weighted by atomic mass is 16.7. The van der Waals surface area contributed by atoms with Crippen LogP contribution in [0.25, 0.3) is 0 Å². The summed E-state index contributed by atoms with van der Waals surface area (Å²) in [5.74, 6) is -0.462. The largest absolute Gasteiger partial charge is 0.390 e. The molecule has 1 saturated carbocycles. The molecule has 0 atom stereocenters. The molecule has 0 aromatic heterocycles. The molecule has 1 heterocycles. The van der Waals surface area contributed by atoms with Crippen LogP contribution in [0.1, 0.15) is 41.6 Å². The average molecular weight is 276 g/mol. The molecular weight excluding hydrogens is 256 g/mol. The van der Waals surface area contributed by atoms with E-state index < -0.39 is 11.4 Å². The van der Waals surface area contributed by atoms with E-state index in [4.69, 9.17) is 9.47 Å². The van der Waals surface area contributed by atoms with E-state index in [1.807, 2.05) is 18.2 Å². The molecule has 1 spiro atoms. The number of carbonyl (C=O) groups is 1. The van der Waals surface area contributed by atoms with Crippen LogP contribution in [0.2, 0.25) is 0 Å². The van der Waals surface area contributed by atoms with Gasteiger partial charge in [0.05, 0.1) is 18.8 Å². The zero-order valence-electron chi connectivity index (χ0n) is 11.5. The van der Waals surface area contributed by atoms with Gasteiger partial charge in [-0.15, -0.1) is 0 Å². The standard InChI is InChI=1S/C16H20O4/c17-12-14-4-2-1-3-13(14)11-15(18)5-7-16(8-6-15)19-9-10-20-16/h1-4,12,18H,5-11H2. The van der Waals surface area contributed by atoms with E-state index in [0.717, 1.165) is 11.8 Å². The summed E-state index contributed by atoms with van der Waals surface area (Å²) in [5, 5.41) is 10.8. The van der Waals surface area contributed by atoms with Crippen molar-refractivity contribution in [2.45, 2.75) is 43.5 Å². The van der Waals surface area contributed by atoms with Gasteiger partial charge in [-0.1, -0.05) is 24.3 Å². The molecule has 0 unspecified atom stereocenters. The van der Waals surface area contributed by atoms with Crippen LogP contribution in [0.5, 0.6) is 0 Å². The molecular formula is C16H20O4. The van der Waals surface area contributed by atoms with Gasteiger partial charge in [0.2, 0.25) is 0 Å². The fraction of sp³-hybridized carbons (Fsp3) is 0.562. The van der Waals surface area contributed by atoms with Crippen LogP contribution in [0, 0.1) is 0 Å². The van der Waals surface area contributed by atoms with Crippen molar-refractivity contribution in [3.8, 4) is 0 Å². The van der Waals surface area contributed by atoms with Gasteiger partial charge in [-0.25, -0.2) is 0 Å². The lowest BCUT2D eigenvalue weighted by Crippen LogP contribution is -2.44. The molecule has 1 aliphatic heterocycles. The van der Waals surface area contributed by atoms with E-state index in [0.29, 0.717) is 50.9 Å². The summed E-state index contributed by atoms with van der Waals surface area (Å²) in [5.41, 5.74) is 0.809. The molecule has 2 aliphatic rings. The Morgan fingerprint density at radius 1 is 1.10 bits per heavy atom. The van der Waals surface area contributed by atoms with E-state index >= 15 is 0 Å². The number of hydrogen-bond acceptors (Lipinski definition) is 4. The smallest absolute Gasteiger partial charge is 0.168 e. The van der Waals surface area contributed by atoms with E-state index in [9.17, 15) is 9.90 Å². The minimum Gasteiger partial charge on any atom is -0.390 e.